The van der Waals surface area contributed by atoms with Gasteiger partial charge in [0.2, 0.25) is 0 Å². The van der Waals surface area contributed by atoms with E-state index in [0.29, 0.717) is 42.5 Å². The van der Waals surface area contributed by atoms with Gasteiger partial charge in [0.25, 0.3) is 0 Å². The molecule has 0 bridgehead atoms. The van der Waals surface area contributed by atoms with Crippen LogP contribution in [0.2, 0.25) is 0 Å². The fourth-order valence-electron chi connectivity index (χ4n) is 2.75. The molecule has 5 nitrogen and oxygen atoms in total. The van der Waals surface area contributed by atoms with Crippen molar-refractivity contribution in [1.29, 1.82) is 0 Å². The molecule has 3 rings (SSSR count). The molecule has 0 unspecified atom stereocenters. The van der Waals surface area contributed by atoms with Crippen LogP contribution in [0.1, 0.15) is 29.6 Å². The Morgan fingerprint density at radius 3 is 2.45 bits per heavy atom. The molecule has 108 valence electrons. The van der Waals surface area contributed by atoms with Crippen LogP contribution in [0.25, 0.3) is 0 Å². The Morgan fingerprint density at radius 2 is 1.75 bits per heavy atom. The smallest absolute Gasteiger partial charge is 0.179 e. The minimum Gasteiger partial charge on any atom is -0.486 e. The second-order valence-electron chi connectivity index (χ2n) is 5.34. The molecule has 20 heavy (non-hydrogen) atoms. The summed E-state index contributed by atoms with van der Waals surface area (Å²) in [5.74, 6) is 1.30. The Labute approximate surface area is 118 Å². The maximum Gasteiger partial charge on any atom is 0.179 e. The zero-order valence-electron chi connectivity index (χ0n) is 11.6. The molecular weight excluding hydrogens is 256 g/mol. The van der Waals surface area contributed by atoms with Gasteiger partial charge in [-0.15, -0.1) is 0 Å². The molecule has 1 aromatic rings. The highest BCUT2D eigenvalue weighted by atomic mass is 16.6. The first-order chi connectivity index (χ1) is 9.74. The van der Waals surface area contributed by atoms with E-state index in [1.165, 1.54) is 19.3 Å². The van der Waals surface area contributed by atoms with Crippen LogP contribution < -0.4 is 15.2 Å². The summed E-state index contributed by atoms with van der Waals surface area (Å²) in [7, 11) is 0. The van der Waals surface area contributed by atoms with Crippen molar-refractivity contribution in [2.24, 2.45) is 0 Å². The molecular formula is C15H20N2O3. The quantitative estimate of drug-likeness (QED) is 0.672. The number of likely N-dealkylation sites (tertiary alicyclic amines) is 1. The summed E-state index contributed by atoms with van der Waals surface area (Å²) in [5, 5.41) is 0. The summed E-state index contributed by atoms with van der Waals surface area (Å²) in [6.07, 6.45) is 3.60. The zero-order valence-corrected chi connectivity index (χ0v) is 11.6. The highest BCUT2D eigenvalue weighted by Crippen LogP contribution is 2.34. The molecule has 2 aliphatic heterocycles. The maximum atomic E-state index is 12.4. The van der Waals surface area contributed by atoms with Gasteiger partial charge in [0, 0.05) is 17.3 Å². The summed E-state index contributed by atoms with van der Waals surface area (Å²) in [6, 6.07) is 3.41. The van der Waals surface area contributed by atoms with Crippen LogP contribution in [0.3, 0.4) is 0 Å². The van der Waals surface area contributed by atoms with Crippen molar-refractivity contribution in [3.63, 3.8) is 0 Å². The molecule has 0 atom stereocenters. The van der Waals surface area contributed by atoms with E-state index in [2.05, 4.69) is 4.90 Å². The van der Waals surface area contributed by atoms with Gasteiger partial charge in [0.15, 0.2) is 17.3 Å². The SMILES string of the molecule is Nc1cc2c(cc1C(=O)CN1CCCCC1)OCCO2. The Kier molecular flexibility index (Phi) is 3.78. The van der Waals surface area contributed by atoms with E-state index in [0.717, 1.165) is 13.1 Å². The Morgan fingerprint density at radius 1 is 1.10 bits per heavy atom. The molecule has 0 amide bonds. The van der Waals surface area contributed by atoms with Crippen LogP contribution in [-0.2, 0) is 0 Å². The lowest BCUT2D eigenvalue weighted by Gasteiger charge is -2.26. The predicted molar refractivity (Wildman–Crippen MR) is 76.5 cm³/mol. The minimum absolute atomic E-state index is 0.0568. The van der Waals surface area contributed by atoms with Crippen LogP contribution in [0.5, 0.6) is 11.5 Å². The van der Waals surface area contributed by atoms with E-state index in [9.17, 15) is 4.79 Å². The van der Waals surface area contributed by atoms with Gasteiger partial charge in [-0.05, 0) is 32.0 Å². The van der Waals surface area contributed by atoms with Crippen molar-refractivity contribution >= 4 is 11.5 Å². The average molecular weight is 276 g/mol. The van der Waals surface area contributed by atoms with Gasteiger partial charge in [-0.25, -0.2) is 0 Å². The van der Waals surface area contributed by atoms with Crippen LogP contribution in [-0.4, -0.2) is 43.5 Å². The monoisotopic (exact) mass is 276 g/mol. The number of nitrogens with zero attached hydrogens (tertiary/aromatic N) is 1. The first kappa shape index (κ1) is 13.2. The Bertz CT molecular complexity index is 510. The number of piperidine rings is 1. The van der Waals surface area contributed by atoms with E-state index < -0.39 is 0 Å². The normalized spacial score (nSPS) is 18.8. The second kappa shape index (κ2) is 5.71. The number of hydrogen-bond acceptors (Lipinski definition) is 5. The fraction of sp³-hybridized carbons (Fsp3) is 0.533. The third-order valence-electron chi connectivity index (χ3n) is 3.83. The maximum absolute atomic E-state index is 12.4. The summed E-state index contributed by atoms with van der Waals surface area (Å²) < 4.78 is 11.0. The second-order valence-corrected chi connectivity index (χ2v) is 5.34. The number of Topliss-reactive ketones (excluding diaryl/α,β-unsaturated/α-hetero) is 1. The van der Waals surface area contributed by atoms with Crippen molar-refractivity contribution < 1.29 is 14.3 Å². The number of hydrogen-bond donors (Lipinski definition) is 1. The zero-order chi connectivity index (χ0) is 13.9. The lowest BCUT2D eigenvalue weighted by atomic mass is 10.1. The van der Waals surface area contributed by atoms with E-state index in [1.54, 1.807) is 12.1 Å². The Balaban J connectivity index is 1.76. The molecule has 0 spiro atoms. The van der Waals surface area contributed by atoms with Crippen molar-refractivity contribution in [1.82, 2.24) is 4.90 Å². The molecule has 2 aliphatic rings. The molecule has 1 fully saturated rings. The largest absolute Gasteiger partial charge is 0.486 e. The molecule has 1 saturated heterocycles. The van der Waals surface area contributed by atoms with Crippen LogP contribution in [0, 0.1) is 0 Å². The van der Waals surface area contributed by atoms with E-state index in [-0.39, 0.29) is 5.78 Å². The topological polar surface area (TPSA) is 64.8 Å². The molecule has 0 radical (unpaired) electrons. The van der Waals surface area contributed by atoms with Crippen molar-refractivity contribution in [2.75, 3.05) is 38.6 Å². The lowest BCUT2D eigenvalue weighted by molar-refractivity contribution is 0.0915. The molecule has 0 aromatic heterocycles. The molecule has 5 heteroatoms. The summed E-state index contributed by atoms with van der Waals surface area (Å²) in [4.78, 5) is 14.6. The third-order valence-corrected chi connectivity index (χ3v) is 3.83. The first-order valence-corrected chi connectivity index (χ1v) is 7.19. The highest BCUT2D eigenvalue weighted by molar-refractivity contribution is 6.02. The number of ether oxygens (including phenoxy) is 2. The Hall–Kier alpha value is -1.75. The van der Waals surface area contributed by atoms with Crippen molar-refractivity contribution in [2.45, 2.75) is 19.3 Å². The lowest BCUT2D eigenvalue weighted by Crippen LogP contribution is -2.34. The number of fused-ring (bicyclic) bond motifs is 1. The first-order valence-electron chi connectivity index (χ1n) is 7.19. The van der Waals surface area contributed by atoms with Gasteiger partial charge >= 0.3 is 0 Å². The molecule has 2 heterocycles. The van der Waals surface area contributed by atoms with Crippen molar-refractivity contribution in [3.8, 4) is 11.5 Å². The van der Waals surface area contributed by atoms with Crippen LogP contribution in [0.4, 0.5) is 5.69 Å². The van der Waals surface area contributed by atoms with Gasteiger partial charge in [0.1, 0.15) is 13.2 Å². The van der Waals surface area contributed by atoms with E-state index in [1.807, 2.05) is 0 Å². The van der Waals surface area contributed by atoms with Gasteiger partial charge in [-0.1, -0.05) is 6.42 Å². The van der Waals surface area contributed by atoms with Gasteiger partial charge in [-0.2, -0.15) is 0 Å². The minimum atomic E-state index is 0.0568. The fourth-order valence-corrected chi connectivity index (χ4v) is 2.75. The average Bonchev–Trinajstić information content (AvgIpc) is 2.47. The van der Waals surface area contributed by atoms with Crippen LogP contribution >= 0.6 is 0 Å². The number of benzene rings is 1. The third kappa shape index (κ3) is 2.72. The molecule has 0 aliphatic carbocycles. The van der Waals surface area contributed by atoms with Gasteiger partial charge < -0.3 is 15.2 Å². The van der Waals surface area contributed by atoms with Gasteiger partial charge in [-0.3, -0.25) is 9.69 Å². The van der Waals surface area contributed by atoms with Crippen LogP contribution in [0.15, 0.2) is 12.1 Å². The number of rotatable bonds is 3. The number of anilines is 1. The van der Waals surface area contributed by atoms with Gasteiger partial charge in [0.05, 0.1) is 6.54 Å². The number of nitrogens with two attached hydrogens (primary N) is 1. The number of nitrogen functional groups attached to an aromatic ring is 1. The summed E-state index contributed by atoms with van der Waals surface area (Å²) in [5.41, 5.74) is 6.99. The highest BCUT2D eigenvalue weighted by Gasteiger charge is 2.21. The van der Waals surface area contributed by atoms with Crippen molar-refractivity contribution in [3.05, 3.63) is 17.7 Å². The van der Waals surface area contributed by atoms with E-state index >= 15 is 0 Å². The number of carbonyl (C=O) groups is 1. The molecule has 2 N–H and O–H groups in total. The van der Waals surface area contributed by atoms with E-state index in [4.69, 9.17) is 15.2 Å². The molecule has 1 aromatic carbocycles. The number of ketones is 1. The number of carbonyl (C=O) groups excluding carboxylic acids is 1. The molecule has 0 saturated carbocycles. The summed E-state index contributed by atoms with van der Waals surface area (Å²) >= 11 is 0. The summed E-state index contributed by atoms with van der Waals surface area (Å²) in [6.45, 7) is 3.46. The standard InChI is InChI=1S/C15H20N2O3/c16-12-9-15-14(19-6-7-20-15)8-11(12)13(18)10-17-4-2-1-3-5-17/h8-9H,1-7,10,16H2. The predicted octanol–water partition coefficient (Wildman–Crippen LogP) is 1.71.